The number of hydrogen-bond donors (Lipinski definition) is 2. The lowest BCUT2D eigenvalue weighted by Crippen LogP contribution is -2.63. The molecule has 4 aliphatic heterocycles. The average molecular weight is 1080 g/mol. The van der Waals surface area contributed by atoms with Crippen LogP contribution < -0.4 is 10.7 Å². The molecule has 3 fully saturated rings. The molecule has 3 aromatic heterocycles. The molecule has 416 valence electrons. The Bertz CT molecular complexity index is 2880. The van der Waals surface area contributed by atoms with Gasteiger partial charge in [-0.15, -0.1) is 0 Å². The molecule has 1 spiro atoms. The SMILES string of the molecule is C=CC(=O)N1CCOC2(CCN(C(=O)N(C)C(C(=O)N[C@H]3Cc4cc(C(F)F)cc(n4)-c4ccc5c(c4)c(c(-c4cccnc4[C@H](C)OC)n5CC(F)(F)F)CC(C)(C)COC(=O)[C@@H]4CCCN(N4)C3=O)C(C)C)CC2)C1. The van der Waals surface area contributed by atoms with Crippen LogP contribution in [0, 0.1) is 11.3 Å². The summed E-state index contributed by atoms with van der Waals surface area (Å²) < 4.78 is 93.4. The molecule has 8 rings (SSSR count). The van der Waals surface area contributed by atoms with Crippen molar-refractivity contribution in [2.24, 2.45) is 11.3 Å². The Kier molecular flexibility index (Phi) is 16.8. The smallest absolute Gasteiger partial charge is 0.406 e. The second-order valence-corrected chi connectivity index (χ2v) is 21.7. The minimum absolute atomic E-state index is 0.0260. The predicted molar refractivity (Wildman–Crippen MR) is 275 cm³/mol. The number of piperidine rings is 1. The lowest BCUT2D eigenvalue weighted by atomic mass is 9.84. The number of morpholine rings is 1. The number of methoxy groups -OCH3 is 1. The Morgan fingerprint density at radius 1 is 1.04 bits per heavy atom. The summed E-state index contributed by atoms with van der Waals surface area (Å²) in [5.41, 5.74) is 2.79. The number of likely N-dealkylation sites (tertiary alicyclic amines) is 1. The number of amides is 5. The normalized spacial score (nSPS) is 20.9. The molecule has 4 aromatic rings. The Labute approximate surface area is 444 Å². The Morgan fingerprint density at radius 2 is 1.78 bits per heavy atom. The maximum atomic E-state index is 15.1. The van der Waals surface area contributed by atoms with Crippen molar-refractivity contribution in [3.63, 3.8) is 0 Å². The van der Waals surface area contributed by atoms with Gasteiger partial charge in [0.2, 0.25) is 11.8 Å². The molecule has 17 nitrogen and oxygen atoms in total. The molecule has 0 aliphatic carbocycles. The molecule has 0 radical (unpaired) electrons. The Hall–Kier alpha value is -6.52. The molecule has 1 unspecified atom stereocenters. The van der Waals surface area contributed by atoms with Crippen molar-refractivity contribution in [2.45, 2.75) is 122 Å². The van der Waals surface area contributed by atoms with E-state index in [0.717, 1.165) is 6.07 Å². The first kappa shape index (κ1) is 56.7. The number of esters is 1. The number of rotatable bonds is 10. The van der Waals surface area contributed by atoms with Gasteiger partial charge in [-0.25, -0.2) is 19.0 Å². The summed E-state index contributed by atoms with van der Waals surface area (Å²) >= 11 is 0. The van der Waals surface area contributed by atoms with E-state index in [4.69, 9.17) is 19.2 Å². The molecule has 1 aromatic carbocycles. The molecule has 0 saturated carbocycles. The van der Waals surface area contributed by atoms with Gasteiger partial charge in [-0.3, -0.25) is 34.2 Å². The van der Waals surface area contributed by atoms with E-state index >= 15 is 8.78 Å². The number of carbonyl (C=O) groups excluding carboxylic acids is 5. The molecule has 4 atom stereocenters. The first-order chi connectivity index (χ1) is 36.4. The number of pyridine rings is 2. The fourth-order valence-electron chi connectivity index (χ4n) is 11.2. The maximum absolute atomic E-state index is 15.1. The van der Waals surface area contributed by atoms with E-state index in [2.05, 4.69) is 22.3 Å². The lowest BCUT2D eigenvalue weighted by Gasteiger charge is -2.47. The van der Waals surface area contributed by atoms with Crippen LogP contribution in [0.5, 0.6) is 0 Å². The fraction of sp³-hybridized carbons (Fsp3) is 0.545. The number of cyclic esters (lactones) is 1. The van der Waals surface area contributed by atoms with Crippen LogP contribution in [0.4, 0.5) is 26.7 Å². The molecule has 5 amide bonds. The van der Waals surface area contributed by atoms with Gasteiger partial charge in [-0.05, 0) is 93.0 Å². The van der Waals surface area contributed by atoms with E-state index in [9.17, 15) is 37.1 Å². The third-order valence-electron chi connectivity index (χ3n) is 15.1. The molecule has 22 heteroatoms. The van der Waals surface area contributed by atoms with Crippen molar-refractivity contribution >= 4 is 40.6 Å². The Morgan fingerprint density at radius 3 is 2.45 bits per heavy atom. The number of hydrazine groups is 1. The number of fused-ring (bicyclic) bond motifs is 6. The number of carbonyl (C=O) groups is 5. The van der Waals surface area contributed by atoms with Gasteiger partial charge in [-0.2, -0.15) is 13.2 Å². The molecule has 2 N–H and O–H groups in total. The Balaban J connectivity index is 1.19. The van der Waals surface area contributed by atoms with E-state index in [0.29, 0.717) is 61.2 Å². The van der Waals surface area contributed by atoms with Crippen LogP contribution >= 0.6 is 0 Å². The van der Waals surface area contributed by atoms with Crippen molar-refractivity contribution in [1.29, 1.82) is 0 Å². The quantitative estimate of drug-likeness (QED) is 0.0909. The first-order valence-corrected chi connectivity index (χ1v) is 26.0. The van der Waals surface area contributed by atoms with E-state index in [-0.39, 0.29) is 73.2 Å². The number of ether oxygens (including phenoxy) is 3. The molecule has 3 saturated heterocycles. The summed E-state index contributed by atoms with van der Waals surface area (Å²) in [5, 5.41) is 4.40. The molecular weight excluding hydrogens is 1010 g/mol. The highest BCUT2D eigenvalue weighted by atomic mass is 19.4. The van der Waals surface area contributed by atoms with Gasteiger partial charge in [0.15, 0.2) is 0 Å². The van der Waals surface area contributed by atoms with E-state index < -0.39 is 96.1 Å². The molecule has 77 heavy (non-hydrogen) atoms. The molecule has 4 aliphatic rings. The zero-order valence-corrected chi connectivity index (χ0v) is 44.6. The highest BCUT2D eigenvalue weighted by molar-refractivity contribution is 5.96. The zero-order valence-electron chi connectivity index (χ0n) is 44.6. The van der Waals surface area contributed by atoms with Crippen LogP contribution in [0.25, 0.3) is 33.4 Å². The van der Waals surface area contributed by atoms with Crippen LogP contribution in [0.1, 0.15) is 95.3 Å². The summed E-state index contributed by atoms with van der Waals surface area (Å²) in [6.45, 7) is 12.6. The number of halogens is 5. The van der Waals surface area contributed by atoms with Gasteiger partial charge < -0.3 is 38.8 Å². The third kappa shape index (κ3) is 12.4. The number of nitrogens with one attached hydrogen (secondary N) is 2. The van der Waals surface area contributed by atoms with Crippen LogP contribution in [0.3, 0.4) is 0 Å². The number of nitrogens with zero attached hydrogens (tertiary/aromatic N) is 7. The largest absolute Gasteiger partial charge is 0.464 e. The predicted octanol–water partition coefficient (Wildman–Crippen LogP) is 7.58. The number of urea groups is 1. The van der Waals surface area contributed by atoms with E-state index in [1.165, 1.54) is 59.1 Å². The molecule has 6 bridgehead atoms. The standard InChI is InChI=1S/C55H68F5N9O8/c1-9-44(70)67-22-23-77-54(29-67)16-20-66(21-17-54)52(74)65(7)46(32(2)3)49(71)63-42-27-36-24-35(48(56)57)26-41(62-36)34-14-15-43-38(25-34)39(28-53(5,6)31-76-51(73)40-13-11-19-69(64-40)50(42)72)47(68(43)30-55(58,59)60)37-12-10-18-61-45(37)33(4)75-8/h9-10,12,14-15,18,24-26,32-33,40,42,46,48,64H,1,11,13,16-17,19-23,27-31H2,2-8H3,(H,63,71)/t33-,40-,42-,46?/m0/s1. The van der Waals surface area contributed by atoms with Crippen molar-refractivity contribution in [3.8, 4) is 22.5 Å². The van der Waals surface area contributed by atoms with Crippen molar-refractivity contribution < 1.29 is 60.1 Å². The van der Waals surface area contributed by atoms with Crippen LogP contribution in [0.15, 0.2) is 61.3 Å². The molecule has 7 heterocycles. The molecular formula is C55H68F5N9O8. The van der Waals surface area contributed by atoms with Crippen molar-refractivity contribution in [2.75, 3.05) is 60.1 Å². The number of alkyl halides is 5. The second-order valence-electron chi connectivity index (χ2n) is 21.7. The van der Waals surface area contributed by atoms with Crippen LogP contribution in [0.2, 0.25) is 0 Å². The first-order valence-electron chi connectivity index (χ1n) is 26.0. The van der Waals surface area contributed by atoms with Crippen LogP contribution in [-0.4, -0.2) is 154 Å². The summed E-state index contributed by atoms with van der Waals surface area (Å²) in [7, 11) is 2.96. The van der Waals surface area contributed by atoms with E-state index in [1.807, 2.05) is 13.8 Å². The number of hydrogen-bond acceptors (Lipinski definition) is 11. The minimum atomic E-state index is -4.70. The highest BCUT2D eigenvalue weighted by Gasteiger charge is 2.44. The van der Waals surface area contributed by atoms with E-state index in [1.54, 1.807) is 48.8 Å². The highest BCUT2D eigenvalue weighted by Crippen LogP contribution is 2.43. The summed E-state index contributed by atoms with van der Waals surface area (Å²) in [4.78, 5) is 84.3. The van der Waals surface area contributed by atoms with Gasteiger partial charge in [0, 0.05) is 91.7 Å². The number of benzene rings is 1. The summed E-state index contributed by atoms with van der Waals surface area (Å²) in [6.07, 6.45) is -4.48. The van der Waals surface area contributed by atoms with Gasteiger partial charge >= 0.3 is 18.2 Å². The maximum Gasteiger partial charge on any atom is 0.406 e. The zero-order chi connectivity index (χ0) is 55.7. The average Bonchev–Trinajstić information content (AvgIpc) is 3.94. The monoisotopic (exact) mass is 1080 g/mol. The van der Waals surface area contributed by atoms with Gasteiger partial charge in [0.25, 0.3) is 12.3 Å². The number of aromatic nitrogens is 3. The lowest BCUT2D eigenvalue weighted by molar-refractivity contribution is -0.155. The van der Waals surface area contributed by atoms with Crippen molar-refractivity contribution in [1.82, 2.24) is 45.0 Å². The third-order valence-corrected chi connectivity index (χ3v) is 15.1. The summed E-state index contributed by atoms with van der Waals surface area (Å²) in [5.74, 6) is -2.82. The minimum Gasteiger partial charge on any atom is -0.464 e. The van der Waals surface area contributed by atoms with Crippen LogP contribution in [-0.2, 0) is 52.8 Å². The van der Waals surface area contributed by atoms with Crippen molar-refractivity contribution in [3.05, 3.63) is 83.8 Å². The topological polar surface area (TPSA) is 181 Å². The van der Waals surface area contributed by atoms with Gasteiger partial charge in [-0.1, -0.05) is 40.3 Å². The number of likely N-dealkylation sites (N-methyl/N-ethyl adjacent to an activating group) is 1. The van der Waals surface area contributed by atoms with Gasteiger partial charge in [0.1, 0.15) is 24.7 Å². The summed E-state index contributed by atoms with van der Waals surface area (Å²) in [6, 6.07) is 6.09. The second kappa shape index (κ2) is 22.8. The fourth-order valence-corrected chi connectivity index (χ4v) is 11.2. The van der Waals surface area contributed by atoms with Gasteiger partial charge in [0.05, 0.1) is 48.5 Å².